The molecule has 0 atom stereocenters. The van der Waals surface area contributed by atoms with Gasteiger partial charge in [-0.2, -0.15) is 0 Å². The second-order valence-electron chi connectivity index (χ2n) is 5.38. The fourth-order valence-electron chi connectivity index (χ4n) is 2.63. The molecule has 1 aliphatic rings. The first kappa shape index (κ1) is 14.7. The first-order chi connectivity index (χ1) is 9.90. The minimum Gasteiger partial charge on any atom is -0.332 e. The van der Waals surface area contributed by atoms with Gasteiger partial charge in [0.25, 0.3) is 0 Å². The molecule has 0 radical (unpaired) electrons. The van der Waals surface area contributed by atoms with Gasteiger partial charge in [-0.05, 0) is 36.2 Å². The van der Waals surface area contributed by atoms with E-state index in [0.717, 1.165) is 32.3 Å². The zero-order valence-electron chi connectivity index (χ0n) is 11.9. The number of aliphatic imine (C=N–C) groups is 1. The van der Waals surface area contributed by atoms with Crippen LogP contribution < -0.4 is 0 Å². The fraction of sp³-hybridized carbons (Fsp3) is 0.267. The summed E-state index contributed by atoms with van der Waals surface area (Å²) < 4.78 is 0.677. The van der Waals surface area contributed by atoms with Crippen LogP contribution in [0.2, 0.25) is 0 Å². The van der Waals surface area contributed by atoms with Crippen molar-refractivity contribution in [1.29, 1.82) is 5.41 Å². The van der Waals surface area contributed by atoms with Crippen molar-refractivity contribution in [2.45, 2.75) is 31.7 Å². The Morgan fingerprint density at radius 3 is 2.62 bits per heavy atom. The smallest absolute Gasteiger partial charge is 0.159 e. The molecule has 1 aliphatic heterocycles. The second-order valence-corrected chi connectivity index (χ2v) is 7.51. The molecule has 0 saturated carbocycles. The molecule has 2 aromatic rings. The van der Waals surface area contributed by atoms with Crippen molar-refractivity contribution in [3.63, 3.8) is 0 Å². The molecule has 0 unspecified atom stereocenters. The Hall–Kier alpha value is -1.24. The van der Waals surface area contributed by atoms with E-state index in [9.17, 15) is 0 Å². The first-order valence-corrected chi connectivity index (χ1v) is 8.31. The minimum atomic E-state index is 0.326. The van der Waals surface area contributed by atoms with Crippen molar-refractivity contribution in [3.8, 4) is 0 Å². The number of nitrogens with zero attached hydrogens (tertiary/aromatic N) is 1. The predicted octanol–water partition coefficient (Wildman–Crippen LogP) is 4.70. The number of benzene rings is 1. The highest BCUT2D eigenvalue weighted by atomic mass is 32.1. The van der Waals surface area contributed by atoms with Gasteiger partial charge >= 0.3 is 0 Å². The van der Waals surface area contributed by atoms with E-state index < -0.39 is 0 Å². The van der Waals surface area contributed by atoms with E-state index in [0.29, 0.717) is 15.7 Å². The quantitative estimate of drug-likeness (QED) is 0.541. The third-order valence-corrected chi connectivity index (χ3v) is 5.34. The highest BCUT2D eigenvalue weighted by Crippen LogP contribution is 2.35. The van der Waals surface area contributed by atoms with E-state index in [2.05, 4.69) is 48.6 Å². The van der Waals surface area contributed by atoms with Crippen LogP contribution >= 0.6 is 36.2 Å². The van der Waals surface area contributed by atoms with Gasteiger partial charge in [0, 0.05) is 11.1 Å². The summed E-state index contributed by atoms with van der Waals surface area (Å²) in [5.41, 5.74) is 5.12. The molecule has 3 rings (SSSR count). The molecule has 2 N–H and O–H groups in total. The average molecular weight is 334 g/mol. The first-order valence-electron chi connectivity index (χ1n) is 6.64. The molecule has 3 nitrogen and oxygen atoms in total. The van der Waals surface area contributed by atoms with Gasteiger partial charge in [0.2, 0.25) is 0 Å². The van der Waals surface area contributed by atoms with Crippen LogP contribution in [0, 0.1) is 16.3 Å². The van der Waals surface area contributed by atoms with E-state index in [-0.39, 0.29) is 0 Å². The van der Waals surface area contributed by atoms with Gasteiger partial charge in [-0.3, -0.25) is 5.41 Å². The number of fused-ring (bicyclic) bond motifs is 1. The van der Waals surface area contributed by atoms with Crippen molar-refractivity contribution < 1.29 is 0 Å². The Morgan fingerprint density at radius 1 is 1.33 bits per heavy atom. The normalized spacial score (nSPS) is 13.8. The highest BCUT2D eigenvalue weighted by molar-refractivity contribution is 7.80. The van der Waals surface area contributed by atoms with Gasteiger partial charge in [0.15, 0.2) is 9.79 Å². The molecule has 108 valence electrons. The van der Waals surface area contributed by atoms with Crippen molar-refractivity contribution in [1.82, 2.24) is 4.98 Å². The van der Waals surface area contributed by atoms with Crippen LogP contribution in [-0.2, 0) is 0 Å². The number of rotatable bonds is 2. The monoisotopic (exact) mass is 333 g/mol. The molecule has 0 fully saturated rings. The summed E-state index contributed by atoms with van der Waals surface area (Å²) in [6.07, 6.45) is 0. The number of thiol groups is 1. The van der Waals surface area contributed by atoms with Crippen LogP contribution in [0.4, 0.5) is 0 Å². The number of hydrogen-bond acceptors (Lipinski definition) is 4. The Kier molecular flexibility index (Phi) is 3.63. The van der Waals surface area contributed by atoms with Crippen molar-refractivity contribution >= 4 is 47.7 Å². The maximum absolute atomic E-state index is 8.22. The number of hydrogen-bond donors (Lipinski definition) is 3. The second kappa shape index (κ2) is 5.19. The maximum atomic E-state index is 8.22. The van der Waals surface area contributed by atoms with Gasteiger partial charge in [0.05, 0.1) is 15.6 Å². The summed E-state index contributed by atoms with van der Waals surface area (Å²) >= 11 is 11.1. The minimum absolute atomic E-state index is 0.326. The number of aryl methyl sites for hydroxylation is 1. The Bertz CT molecular complexity index is 840. The van der Waals surface area contributed by atoms with Crippen LogP contribution in [0.25, 0.3) is 0 Å². The lowest BCUT2D eigenvalue weighted by Gasteiger charge is -2.14. The summed E-state index contributed by atoms with van der Waals surface area (Å²) in [6, 6.07) is 4.21. The largest absolute Gasteiger partial charge is 0.332 e. The van der Waals surface area contributed by atoms with E-state index in [1.54, 1.807) is 0 Å². The average Bonchev–Trinajstić information content (AvgIpc) is 2.90. The number of aromatic amines is 1. The maximum Gasteiger partial charge on any atom is 0.159 e. The summed E-state index contributed by atoms with van der Waals surface area (Å²) in [6.45, 7) is 6.34. The molecular weight excluding hydrogens is 318 g/mol. The standard InChI is InChI=1S/C15H15N3S3/c1-6(2)8-5-4-7(3)9-10(8)11(17-13(9)16)12-14(19)18-15(20)21-12/h4-6,16,19H,1-3H3,(H,18,20). The molecule has 0 aliphatic carbocycles. The van der Waals surface area contributed by atoms with E-state index >= 15 is 0 Å². The number of thiazole rings is 1. The number of nitrogens with one attached hydrogen (secondary N) is 2. The van der Waals surface area contributed by atoms with E-state index in [1.807, 2.05) is 6.92 Å². The lowest BCUT2D eigenvalue weighted by Crippen LogP contribution is -2.07. The summed E-state index contributed by atoms with van der Waals surface area (Å²) in [7, 11) is 0. The van der Waals surface area contributed by atoms with Gasteiger partial charge in [0.1, 0.15) is 0 Å². The predicted molar refractivity (Wildman–Crippen MR) is 94.5 cm³/mol. The molecular formula is C15H15N3S3. The molecule has 0 bridgehead atoms. The van der Waals surface area contributed by atoms with Crippen LogP contribution in [0.3, 0.4) is 0 Å². The fourth-order valence-corrected chi connectivity index (χ4v) is 4.22. The highest BCUT2D eigenvalue weighted by Gasteiger charge is 2.29. The summed E-state index contributed by atoms with van der Waals surface area (Å²) in [4.78, 5) is 8.46. The molecule has 1 aromatic carbocycles. The lowest BCUT2D eigenvalue weighted by atomic mass is 9.89. The number of amidine groups is 1. The molecule has 0 saturated heterocycles. The van der Waals surface area contributed by atoms with E-state index in [1.165, 1.54) is 16.9 Å². The van der Waals surface area contributed by atoms with Crippen molar-refractivity contribution in [3.05, 3.63) is 43.2 Å². The molecule has 6 heteroatoms. The molecule has 1 aromatic heterocycles. The molecule has 21 heavy (non-hydrogen) atoms. The molecule has 2 heterocycles. The zero-order chi connectivity index (χ0) is 15.3. The third-order valence-electron chi connectivity index (χ3n) is 3.61. The SMILES string of the molecule is Cc1ccc(C(C)C)c2c1C(=N)N=C2c1sc(=S)[nH]c1S. The summed E-state index contributed by atoms with van der Waals surface area (Å²) in [5.74, 6) is 0.692. The number of H-pyrrole nitrogens is 1. The van der Waals surface area contributed by atoms with Crippen LogP contribution in [0.1, 0.15) is 46.9 Å². The Balaban J connectivity index is 2.33. The summed E-state index contributed by atoms with van der Waals surface area (Å²) in [5, 5.41) is 8.94. The Labute approximate surface area is 138 Å². The van der Waals surface area contributed by atoms with Crippen LogP contribution in [-0.4, -0.2) is 16.5 Å². The lowest BCUT2D eigenvalue weighted by molar-refractivity contribution is 0.863. The Morgan fingerprint density at radius 2 is 2.05 bits per heavy atom. The van der Waals surface area contributed by atoms with Gasteiger partial charge in [-0.25, -0.2) is 4.99 Å². The van der Waals surface area contributed by atoms with E-state index in [4.69, 9.17) is 17.6 Å². The topological polar surface area (TPSA) is 52.0 Å². The zero-order valence-corrected chi connectivity index (χ0v) is 14.5. The van der Waals surface area contributed by atoms with Crippen molar-refractivity contribution in [2.24, 2.45) is 4.99 Å². The van der Waals surface area contributed by atoms with Gasteiger partial charge in [-0.1, -0.05) is 26.0 Å². The van der Waals surface area contributed by atoms with Crippen LogP contribution in [0.15, 0.2) is 22.2 Å². The van der Waals surface area contributed by atoms with Crippen LogP contribution in [0.5, 0.6) is 0 Å². The van der Waals surface area contributed by atoms with Gasteiger partial charge in [-0.15, -0.1) is 24.0 Å². The van der Waals surface area contributed by atoms with Crippen molar-refractivity contribution in [2.75, 3.05) is 0 Å². The number of aromatic nitrogens is 1. The third kappa shape index (κ3) is 2.31. The molecule has 0 spiro atoms. The molecule has 0 amide bonds. The van der Waals surface area contributed by atoms with Gasteiger partial charge < -0.3 is 4.98 Å².